The van der Waals surface area contributed by atoms with Gasteiger partial charge in [0, 0.05) is 13.6 Å². The lowest BCUT2D eigenvalue weighted by molar-refractivity contribution is 0.0784. The molecule has 0 saturated carbocycles. The molecule has 0 radical (unpaired) electrons. The molecular weight excluding hydrogens is 218 g/mol. The average molecular weight is 232 g/mol. The maximum absolute atomic E-state index is 11.8. The molecule has 0 saturated heterocycles. The van der Waals surface area contributed by atoms with E-state index >= 15 is 0 Å². The Morgan fingerprint density at radius 1 is 1.57 bits per heavy atom. The van der Waals surface area contributed by atoms with Crippen molar-refractivity contribution in [3.05, 3.63) is 21.3 Å². The predicted octanol–water partition coefficient (Wildman–Crippen LogP) is 3.13. The molecule has 0 bridgehead atoms. The van der Waals surface area contributed by atoms with Crippen LogP contribution >= 0.6 is 22.9 Å². The fraction of sp³-hybridized carbons (Fsp3) is 0.500. The van der Waals surface area contributed by atoms with Crippen molar-refractivity contribution < 1.29 is 4.79 Å². The predicted molar refractivity (Wildman–Crippen MR) is 61.1 cm³/mol. The van der Waals surface area contributed by atoms with Gasteiger partial charge in [0.2, 0.25) is 0 Å². The minimum absolute atomic E-state index is 0.0515. The van der Waals surface area contributed by atoms with Crippen LogP contribution in [0.25, 0.3) is 0 Å². The number of thiophene rings is 1. The molecule has 1 aromatic rings. The molecule has 1 rings (SSSR count). The molecule has 0 aromatic carbocycles. The molecule has 14 heavy (non-hydrogen) atoms. The van der Waals surface area contributed by atoms with E-state index in [0.717, 1.165) is 6.54 Å². The Morgan fingerprint density at radius 2 is 2.21 bits per heavy atom. The summed E-state index contributed by atoms with van der Waals surface area (Å²) in [6.45, 7) is 4.95. The third-order valence-corrected chi connectivity index (χ3v) is 2.99. The zero-order valence-corrected chi connectivity index (χ0v) is 10.2. The van der Waals surface area contributed by atoms with Crippen molar-refractivity contribution in [3.8, 4) is 0 Å². The molecule has 4 heteroatoms. The Kier molecular flexibility index (Phi) is 3.96. The van der Waals surface area contributed by atoms with Gasteiger partial charge in [-0.15, -0.1) is 11.3 Å². The highest BCUT2D eigenvalue weighted by molar-refractivity contribution is 7.17. The molecule has 0 N–H and O–H groups in total. The van der Waals surface area contributed by atoms with Crippen molar-refractivity contribution in [2.24, 2.45) is 5.92 Å². The van der Waals surface area contributed by atoms with Gasteiger partial charge >= 0.3 is 0 Å². The van der Waals surface area contributed by atoms with E-state index in [0.29, 0.717) is 15.1 Å². The molecule has 0 spiro atoms. The lowest BCUT2D eigenvalue weighted by atomic mass is 10.2. The minimum Gasteiger partial charge on any atom is -0.341 e. The molecule has 1 aromatic heterocycles. The first-order valence-corrected chi connectivity index (χ1v) is 5.71. The van der Waals surface area contributed by atoms with E-state index in [1.54, 1.807) is 17.0 Å². The van der Waals surface area contributed by atoms with E-state index in [1.165, 1.54) is 11.3 Å². The van der Waals surface area contributed by atoms with Gasteiger partial charge in [0.25, 0.3) is 5.91 Å². The molecule has 0 unspecified atom stereocenters. The standard InChI is InChI=1S/C10H14ClNOS/c1-7(2)6-12(3)10(13)8-4-5-9(11)14-8/h4-5,7H,6H2,1-3H3. The first-order chi connectivity index (χ1) is 6.50. The summed E-state index contributed by atoms with van der Waals surface area (Å²) in [5.41, 5.74) is 0. The molecule has 78 valence electrons. The van der Waals surface area contributed by atoms with Crippen LogP contribution in [0.1, 0.15) is 23.5 Å². The summed E-state index contributed by atoms with van der Waals surface area (Å²) in [5.74, 6) is 0.537. The second-order valence-electron chi connectivity index (χ2n) is 3.68. The minimum atomic E-state index is 0.0515. The van der Waals surface area contributed by atoms with Gasteiger partial charge in [-0.25, -0.2) is 0 Å². The third-order valence-electron chi connectivity index (χ3n) is 1.77. The maximum Gasteiger partial charge on any atom is 0.263 e. The molecule has 0 fully saturated rings. The van der Waals surface area contributed by atoms with Crippen LogP contribution in [0, 0.1) is 5.92 Å². The molecular formula is C10H14ClNOS. The van der Waals surface area contributed by atoms with Crippen LogP contribution in [0.3, 0.4) is 0 Å². The number of nitrogens with zero attached hydrogens (tertiary/aromatic N) is 1. The lowest BCUT2D eigenvalue weighted by Crippen LogP contribution is -2.29. The summed E-state index contributed by atoms with van der Waals surface area (Å²) < 4.78 is 0.659. The molecule has 0 aliphatic rings. The maximum atomic E-state index is 11.8. The average Bonchev–Trinajstić information content (AvgIpc) is 2.49. The van der Waals surface area contributed by atoms with E-state index in [4.69, 9.17) is 11.6 Å². The van der Waals surface area contributed by atoms with Gasteiger partial charge in [0.05, 0.1) is 9.21 Å². The summed E-state index contributed by atoms with van der Waals surface area (Å²) in [4.78, 5) is 14.2. The van der Waals surface area contributed by atoms with Crippen molar-refractivity contribution in [2.75, 3.05) is 13.6 Å². The topological polar surface area (TPSA) is 20.3 Å². The highest BCUT2D eigenvalue weighted by atomic mass is 35.5. The van der Waals surface area contributed by atoms with Crippen LogP contribution in [0.2, 0.25) is 4.34 Å². The number of hydrogen-bond acceptors (Lipinski definition) is 2. The van der Waals surface area contributed by atoms with E-state index in [2.05, 4.69) is 13.8 Å². The number of amides is 1. The second-order valence-corrected chi connectivity index (χ2v) is 5.40. The van der Waals surface area contributed by atoms with Gasteiger partial charge in [0.1, 0.15) is 0 Å². The zero-order valence-electron chi connectivity index (χ0n) is 8.58. The van der Waals surface area contributed by atoms with Gasteiger partial charge in [0.15, 0.2) is 0 Å². The fourth-order valence-electron chi connectivity index (χ4n) is 1.25. The van der Waals surface area contributed by atoms with E-state index in [-0.39, 0.29) is 5.91 Å². The van der Waals surface area contributed by atoms with Gasteiger partial charge in [-0.1, -0.05) is 25.4 Å². The number of carbonyl (C=O) groups is 1. The lowest BCUT2D eigenvalue weighted by Gasteiger charge is -2.18. The Labute approximate surface area is 93.5 Å². The molecule has 2 nitrogen and oxygen atoms in total. The molecule has 1 amide bonds. The Morgan fingerprint density at radius 3 is 2.64 bits per heavy atom. The first-order valence-electron chi connectivity index (χ1n) is 4.51. The van der Waals surface area contributed by atoms with Gasteiger partial charge in [-0.2, -0.15) is 0 Å². The third kappa shape index (κ3) is 3.00. The summed E-state index contributed by atoms with van der Waals surface area (Å²) in [6.07, 6.45) is 0. The quantitative estimate of drug-likeness (QED) is 0.783. The van der Waals surface area contributed by atoms with E-state index in [1.807, 2.05) is 7.05 Å². The van der Waals surface area contributed by atoms with Crippen LogP contribution in [0.5, 0.6) is 0 Å². The van der Waals surface area contributed by atoms with E-state index < -0.39 is 0 Å². The van der Waals surface area contributed by atoms with Crippen molar-refractivity contribution in [2.45, 2.75) is 13.8 Å². The number of hydrogen-bond donors (Lipinski definition) is 0. The summed E-state index contributed by atoms with van der Waals surface area (Å²) in [7, 11) is 1.82. The zero-order chi connectivity index (χ0) is 10.7. The Balaban J connectivity index is 2.65. The van der Waals surface area contributed by atoms with Crippen LogP contribution in [-0.2, 0) is 0 Å². The van der Waals surface area contributed by atoms with Crippen molar-refractivity contribution >= 4 is 28.8 Å². The van der Waals surface area contributed by atoms with Crippen LogP contribution in [0.15, 0.2) is 12.1 Å². The molecule has 0 atom stereocenters. The summed E-state index contributed by atoms with van der Waals surface area (Å²) >= 11 is 7.09. The fourth-order valence-corrected chi connectivity index (χ4v) is 2.29. The normalized spacial score (nSPS) is 10.6. The molecule has 0 aliphatic carbocycles. The first kappa shape index (κ1) is 11.5. The highest BCUT2D eigenvalue weighted by Crippen LogP contribution is 2.22. The monoisotopic (exact) mass is 231 g/mol. The second kappa shape index (κ2) is 4.80. The van der Waals surface area contributed by atoms with Crippen molar-refractivity contribution in [1.29, 1.82) is 0 Å². The SMILES string of the molecule is CC(C)CN(C)C(=O)c1ccc(Cl)s1. The van der Waals surface area contributed by atoms with Crippen LogP contribution < -0.4 is 0 Å². The smallest absolute Gasteiger partial charge is 0.263 e. The van der Waals surface area contributed by atoms with Crippen LogP contribution in [0.4, 0.5) is 0 Å². The summed E-state index contributed by atoms with van der Waals surface area (Å²) in [5, 5.41) is 0. The van der Waals surface area contributed by atoms with Crippen molar-refractivity contribution in [3.63, 3.8) is 0 Å². The Hall–Kier alpha value is -0.540. The molecule has 1 heterocycles. The Bertz CT molecular complexity index is 322. The number of rotatable bonds is 3. The van der Waals surface area contributed by atoms with E-state index in [9.17, 15) is 4.79 Å². The largest absolute Gasteiger partial charge is 0.341 e. The van der Waals surface area contributed by atoms with Gasteiger partial charge < -0.3 is 4.90 Å². The van der Waals surface area contributed by atoms with Gasteiger partial charge in [-0.3, -0.25) is 4.79 Å². The van der Waals surface area contributed by atoms with Crippen molar-refractivity contribution in [1.82, 2.24) is 4.90 Å². The van der Waals surface area contributed by atoms with Gasteiger partial charge in [-0.05, 0) is 18.1 Å². The number of carbonyl (C=O) groups excluding carboxylic acids is 1. The summed E-state index contributed by atoms with van der Waals surface area (Å²) in [6, 6.07) is 3.52. The molecule has 0 aliphatic heterocycles. The van der Waals surface area contributed by atoms with Crippen LogP contribution in [-0.4, -0.2) is 24.4 Å². The number of halogens is 1. The highest BCUT2D eigenvalue weighted by Gasteiger charge is 2.14.